The van der Waals surface area contributed by atoms with Gasteiger partial charge in [-0.25, -0.2) is 13.4 Å². The van der Waals surface area contributed by atoms with Gasteiger partial charge in [0.05, 0.1) is 5.69 Å². The SMILES string of the molecule is Cc1csc(N(C)C(=O)C2(S(C)(=O)=O)CC2)n1. The van der Waals surface area contributed by atoms with Crippen LogP contribution in [-0.2, 0) is 14.6 Å². The van der Waals surface area contributed by atoms with Gasteiger partial charge >= 0.3 is 0 Å². The van der Waals surface area contributed by atoms with Gasteiger partial charge in [-0.15, -0.1) is 11.3 Å². The first kappa shape index (κ1) is 12.5. The van der Waals surface area contributed by atoms with Crippen molar-refractivity contribution in [1.82, 2.24) is 4.98 Å². The van der Waals surface area contributed by atoms with Gasteiger partial charge in [-0.3, -0.25) is 9.69 Å². The number of carbonyl (C=O) groups is 1. The quantitative estimate of drug-likeness (QED) is 0.824. The zero-order valence-corrected chi connectivity index (χ0v) is 11.6. The van der Waals surface area contributed by atoms with E-state index in [4.69, 9.17) is 0 Å². The summed E-state index contributed by atoms with van der Waals surface area (Å²) >= 11 is 1.34. The summed E-state index contributed by atoms with van der Waals surface area (Å²) < 4.78 is 22.1. The Balaban J connectivity index is 2.28. The molecular weight excluding hydrogens is 260 g/mol. The zero-order chi connectivity index (χ0) is 12.8. The molecule has 1 fully saturated rings. The van der Waals surface area contributed by atoms with E-state index in [1.807, 2.05) is 12.3 Å². The molecule has 0 atom stereocenters. The molecule has 94 valence electrons. The van der Waals surface area contributed by atoms with Crippen LogP contribution in [-0.4, -0.2) is 37.4 Å². The average molecular weight is 274 g/mol. The molecule has 0 aromatic carbocycles. The predicted molar refractivity (Wildman–Crippen MR) is 67.1 cm³/mol. The Morgan fingerprint density at radius 2 is 2.12 bits per heavy atom. The molecule has 1 aliphatic rings. The number of nitrogens with zero attached hydrogens (tertiary/aromatic N) is 2. The highest BCUT2D eigenvalue weighted by Crippen LogP contribution is 2.45. The van der Waals surface area contributed by atoms with Crippen molar-refractivity contribution in [1.29, 1.82) is 0 Å². The van der Waals surface area contributed by atoms with Crippen molar-refractivity contribution in [2.75, 3.05) is 18.2 Å². The minimum absolute atomic E-state index is 0.366. The van der Waals surface area contributed by atoms with Crippen molar-refractivity contribution in [2.24, 2.45) is 0 Å². The second-order valence-corrected chi connectivity index (χ2v) is 7.56. The van der Waals surface area contributed by atoms with Crippen LogP contribution < -0.4 is 4.90 Å². The van der Waals surface area contributed by atoms with Crippen molar-refractivity contribution in [3.63, 3.8) is 0 Å². The Morgan fingerprint density at radius 3 is 2.47 bits per heavy atom. The maximum atomic E-state index is 12.2. The molecule has 1 heterocycles. The standard InChI is InChI=1S/C10H14N2O3S2/c1-7-6-16-9(11-7)12(2)8(13)10(4-5-10)17(3,14)15/h6H,4-5H2,1-3H3. The minimum atomic E-state index is -3.35. The van der Waals surface area contributed by atoms with E-state index in [0.717, 1.165) is 11.9 Å². The lowest BCUT2D eigenvalue weighted by atomic mass is 10.3. The van der Waals surface area contributed by atoms with Gasteiger partial charge in [0.15, 0.2) is 19.7 Å². The number of anilines is 1. The van der Waals surface area contributed by atoms with Crippen molar-refractivity contribution >= 4 is 32.2 Å². The molecule has 1 aromatic heterocycles. The van der Waals surface area contributed by atoms with Crippen molar-refractivity contribution in [3.05, 3.63) is 11.1 Å². The molecule has 17 heavy (non-hydrogen) atoms. The number of thiazole rings is 1. The number of hydrogen-bond donors (Lipinski definition) is 0. The minimum Gasteiger partial charge on any atom is -0.290 e. The van der Waals surface area contributed by atoms with Gasteiger partial charge < -0.3 is 0 Å². The van der Waals surface area contributed by atoms with E-state index >= 15 is 0 Å². The molecule has 0 N–H and O–H groups in total. The first-order chi connectivity index (χ1) is 7.78. The number of rotatable bonds is 3. The fraction of sp³-hybridized carbons (Fsp3) is 0.600. The number of aryl methyl sites for hydroxylation is 1. The van der Waals surface area contributed by atoms with E-state index in [2.05, 4.69) is 4.98 Å². The largest absolute Gasteiger partial charge is 0.290 e. The van der Waals surface area contributed by atoms with Gasteiger partial charge in [0.25, 0.3) is 0 Å². The normalized spacial score (nSPS) is 17.8. The molecule has 2 rings (SSSR count). The monoisotopic (exact) mass is 274 g/mol. The average Bonchev–Trinajstić information content (AvgIpc) is 2.94. The second kappa shape index (κ2) is 3.78. The number of carbonyl (C=O) groups excluding carboxylic acids is 1. The molecule has 0 spiro atoms. The maximum absolute atomic E-state index is 12.2. The molecule has 0 unspecified atom stereocenters. The number of amides is 1. The van der Waals surface area contributed by atoms with Crippen molar-refractivity contribution < 1.29 is 13.2 Å². The summed E-state index contributed by atoms with van der Waals surface area (Å²) in [6.07, 6.45) is 1.96. The topological polar surface area (TPSA) is 67.3 Å². The summed E-state index contributed by atoms with van der Waals surface area (Å²) in [6.45, 7) is 1.84. The highest BCUT2D eigenvalue weighted by molar-refractivity contribution is 7.93. The molecule has 1 aromatic rings. The molecule has 1 amide bonds. The third kappa shape index (κ3) is 1.97. The lowest BCUT2D eigenvalue weighted by molar-refractivity contribution is -0.118. The number of sulfone groups is 1. The summed E-state index contributed by atoms with van der Waals surface area (Å²) in [7, 11) is -1.78. The van der Waals surface area contributed by atoms with Crippen LogP contribution in [0.5, 0.6) is 0 Å². The van der Waals surface area contributed by atoms with E-state index in [-0.39, 0.29) is 5.91 Å². The van der Waals surface area contributed by atoms with E-state index in [1.165, 1.54) is 16.2 Å². The van der Waals surface area contributed by atoms with Crippen LogP contribution >= 0.6 is 11.3 Å². The van der Waals surface area contributed by atoms with Gasteiger partial charge in [0.1, 0.15) is 0 Å². The molecule has 0 aliphatic heterocycles. The Hall–Kier alpha value is -0.950. The van der Waals surface area contributed by atoms with E-state index < -0.39 is 14.6 Å². The number of aromatic nitrogens is 1. The first-order valence-electron chi connectivity index (χ1n) is 5.18. The van der Waals surface area contributed by atoms with Crippen LogP contribution in [0.4, 0.5) is 5.13 Å². The van der Waals surface area contributed by atoms with Crippen LogP contribution in [0.15, 0.2) is 5.38 Å². The highest BCUT2D eigenvalue weighted by atomic mass is 32.2. The summed E-state index contributed by atoms with van der Waals surface area (Å²) in [5.74, 6) is -0.366. The van der Waals surface area contributed by atoms with E-state index in [0.29, 0.717) is 18.0 Å². The van der Waals surface area contributed by atoms with Crippen molar-refractivity contribution in [3.8, 4) is 0 Å². The van der Waals surface area contributed by atoms with Crippen LogP contribution in [0, 0.1) is 6.92 Å². The lowest BCUT2D eigenvalue weighted by Crippen LogP contribution is -2.42. The lowest BCUT2D eigenvalue weighted by Gasteiger charge is -2.19. The van der Waals surface area contributed by atoms with Crippen LogP contribution in [0.2, 0.25) is 0 Å². The molecule has 5 nitrogen and oxygen atoms in total. The highest BCUT2D eigenvalue weighted by Gasteiger charge is 2.60. The summed E-state index contributed by atoms with van der Waals surface area (Å²) in [4.78, 5) is 17.7. The molecule has 0 radical (unpaired) electrons. The fourth-order valence-corrected chi connectivity index (χ4v) is 3.81. The number of hydrogen-bond acceptors (Lipinski definition) is 5. The van der Waals surface area contributed by atoms with Crippen LogP contribution in [0.1, 0.15) is 18.5 Å². The van der Waals surface area contributed by atoms with E-state index in [1.54, 1.807) is 7.05 Å². The zero-order valence-electron chi connectivity index (χ0n) is 9.93. The predicted octanol–water partition coefficient (Wildman–Crippen LogP) is 0.992. The van der Waals surface area contributed by atoms with Crippen LogP contribution in [0.3, 0.4) is 0 Å². The third-order valence-corrected chi connectivity index (χ3v) is 6.04. The smallest absolute Gasteiger partial charge is 0.249 e. The van der Waals surface area contributed by atoms with Crippen molar-refractivity contribution in [2.45, 2.75) is 24.5 Å². The fourth-order valence-electron chi connectivity index (χ4n) is 1.74. The van der Waals surface area contributed by atoms with Gasteiger partial charge in [0, 0.05) is 18.7 Å². The van der Waals surface area contributed by atoms with Gasteiger partial charge in [0.2, 0.25) is 5.91 Å². The molecule has 0 bridgehead atoms. The Bertz CT molecular complexity index is 558. The summed E-state index contributed by atoms with van der Waals surface area (Å²) in [5, 5.41) is 2.38. The molecule has 1 aliphatic carbocycles. The second-order valence-electron chi connectivity index (χ2n) is 4.40. The molecular formula is C10H14N2O3S2. The Morgan fingerprint density at radius 1 is 1.53 bits per heavy atom. The van der Waals surface area contributed by atoms with Gasteiger partial charge in [-0.1, -0.05) is 0 Å². The third-order valence-electron chi connectivity index (χ3n) is 3.00. The first-order valence-corrected chi connectivity index (χ1v) is 7.95. The van der Waals surface area contributed by atoms with Gasteiger partial charge in [-0.05, 0) is 19.8 Å². The Kier molecular flexibility index (Phi) is 2.78. The van der Waals surface area contributed by atoms with Crippen LogP contribution in [0.25, 0.3) is 0 Å². The van der Waals surface area contributed by atoms with E-state index in [9.17, 15) is 13.2 Å². The maximum Gasteiger partial charge on any atom is 0.249 e. The molecule has 0 saturated heterocycles. The molecule has 1 saturated carbocycles. The van der Waals surface area contributed by atoms with Gasteiger partial charge in [-0.2, -0.15) is 0 Å². The molecule has 7 heteroatoms. The summed E-state index contributed by atoms with van der Waals surface area (Å²) in [5.41, 5.74) is 0.828. The summed E-state index contributed by atoms with van der Waals surface area (Å²) in [6, 6.07) is 0. The Labute approximate surface area is 104 Å².